The zero-order chi connectivity index (χ0) is 12.7. The summed E-state index contributed by atoms with van der Waals surface area (Å²) in [6, 6.07) is 1.93. The first-order valence-corrected chi connectivity index (χ1v) is 7.27. The van der Waals surface area contributed by atoms with Crippen LogP contribution >= 0.6 is 15.9 Å². The Hall–Kier alpha value is -0.280. The molecule has 1 aromatic rings. The molecule has 2 nitrogen and oxygen atoms in total. The maximum atomic E-state index is 5.37. The number of hydrogen-bond donors (Lipinski definition) is 1. The van der Waals surface area contributed by atoms with Gasteiger partial charge in [0.2, 0.25) is 0 Å². The van der Waals surface area contributed by atoms with E-state index in [-0.39, 0.29) is 0 Å². The summed E-state index contributed by atoms with van der Waals surface area (Å²) < 4.78 is 6.42. The van der Waals surface area contributed by atoms with Crippen LogP contribution in [0.1, 0.15) is 52.2 Å². The highest BCUT2D eigenvalue weighted by molar-refractivity contribution is 9.10. The summed E-state index contributed by atoms with van der Waals surface area (Å²) in [4.78, 5) is 0. The highest BCUT2D eigenvalue weighted by Crippen LogP contribution is 2.23. The summed E-state index contributed by atoms with van der Waals surface area (Å²) >= 11 is 3.46. The Morgan fingerprint density at radius 3 is 2.71 bits per heavy atom. The van der Waals surface area contributed by atoms with E-state index < -0.39 is 0 Å². The minimum Gasteiger partial charge on any atom is -0.467 e. The Balaban J connectivity index is 2.23. The lowest BCUT2D eigenvalue weighted by Crippen LogP contribution is -2.29. The molecule has 0 aliphatic carbocycles. The van der Waals surface area contributed by atoms with Crippen LogP contribution in [0.3, 0.4) is 0 Å². The number of hydrogen-bond acceptors (Lipinski definition) is 2. The lowest BCUT2D eigenvalue weighted by atomic mass is 9.87. The standard InChI is InChI=1S/C14H24BrNO/c1-4-5-6-8-14(2,3)11-16-10-13-12(15)7-9-17-13/h7,9,16H,4-6,8,10-11H2,1-3H3. The molecule has 0 saturated heterocycles. The number of rotatable bonds is 8. The Morgan fingerprint density at radius 1 is 1.35 bits per heavy atom. The van der Waals surface area contributed by atoms with Crippen LogP contribution in [0.4, 0.5) is 0 Å². The van der Waals surface area contributed by atoms with Crippen molar-refractivity contribution < 1.29 is 4.42 Å². The number of unbranched alkanes of at least 4 members (excludes halogenated alkanes) is 2. The van der Waals surface area contributed by atoms with Gasteiger partial charge in [-0.15, -0.1) is 0 Å². The predicted molar refractivity (Wildman–Crippen MR) is 76.0 cm³/mol. The van der Waals surface area contributed by atoms with Crippen LogP contribution in [0, 0.1) is 5.41 Å². The minimum atomic E-state index is 0.369. The number of halogens is 1. The van der Waals surface area contributed by atoms with Gasteiger partial charge < -0.3 is 9.73 Å². The van der Waals surface area contributed by atoms with Gasteiger partial charge in [0.1, 0.15) is 5.76 Å². The van der Waals surface area contributed by atoms with E-state index in [9.17, 15) is 0 Å². The third-order valence-corrected chi connectivity index (χ3v) is 3.74. The average Bonchev–Trinajstić information content (AvgIpc) is 2.64. The molecule has 0 radical (unpaired) electrons. The molecule has 3 heteroatoms. The highest BCUT2D eigenvalue weighted by atomic mass is 79.9. The fraction of sp³-hybridized carbons (Fsp3) is 0.714. The second-order valence-electron chi connectivity index (χ2n) is 5.42. The van der Waals surface area contributed by atoms with Gasteiger partial charge in [0.15, 0.2) is 0 Å². The molecule has 1 N–H and O–H groups in total. The second-order valence-corrected chi connectivity index (χ2v) is 6.27. The molecule has 98 valence electrons. The zero-order valence-corrected chi connectivity index (χ0v) is 12.8. The molecule has 17 heavy (non-hydrogen) atoms. The van der Waals surface area contributed by atoms with Crippen molar-refractivity contribution in [2.45, 2.75) is 53.0 Å². The molecule has 0 aliphatic heterocycles. The lowest BCUT2D eigenvalue weighted by molar-refractivity contribution is 0.297. The topological polar surface area (TPSA) is 25.2 Å². The van der Waals surface area contributed by atoms with Crippen molar-refractivity contribution >= 4 is 15.9 Å². The van der Waals surface area contributed by atoms with E-state index in [0.29, 0.717) is 5.41 Å². The van der Waals surface area contributed by atoms with Gasteiger partial charge in [-0.25, -0.2) is 0 Å². The Bertz CT molecular complexity index is 320. The van der Waals surface area contributed by atoms with Crippen molar-refractivity contribution in [2.75, 3.05) is 6.54 Å². The second kappa shape index (κ2) is 7.22. The fourth-order valence-electron chi connectivity index (χ4n) is 1.91. The van der Waals surface area contributed by atoms with Crippen molar-refractivity contribution in [1.82, 2.24) is 5.32 Å². The Kier molecular flexibility index (Phi) is 6.28. The highest BCUT2D eigenvalue weighted by Gasteiger charge is 2.17. The van der Waals surface area contributed by atoms with Crippen molar-refractivity contribution in [2.24, 2.45) is 5.41 Å². The monoisotopic (exact) mass is 301 g/mol. The lowest BCUT2D eigenvalue weighted by Gasteiger charge is -2.24. The first kappa shape index (κ1) is 14.8. The van der Waals surface area contributed by atoms with Crippen LogP contribution in [-0.2, 0) is 6.54 Å². The van der Waals surface area contributed by atoms with E-state index in [2.05, 4.69) is 42.0 Å². The SMILES string of the molecule is CCCCCC(C)(C)CNCc1occc1Br. The molecule has 0 amide bonds. The van der Waals surface area contributed by atoms with Gasteiger partial charge >= 0.3 is 0 Å². The van der Waals surface area contributed by atoms with E-state index in [0.717, 1.165) is 23.3 Å². The number of nitrogens with one attached hydrogen (secondary N) is 1. The fourth-order valence-corrected chi connectivity index (χ4v) is 2.25. The molecular weight excluding hydrogens is 278 g/mol. The summed E-state index contributed by atoms with van der Waals surface area (Å²) in [5.74, 6) is 0.981. The van der Waals surface area contributed by atoms with Crippen molar-refractivity contribution in [1.29, 1.82) is 0 Å². The molecule has 1 aromatic heterocycles. The quantitative estimate of drug-likeness (QED) is 0.702. The summed E-state index contributed by atoms with van der Waals surface area (Å²) in [5, 5.41) is 3.47. The van der Waals surface area contributed by atoms with E-state index in [1.165, 1.54) is 25.7 Å². The van der Waals surface area contributed by atoms with E-state index in [1.54, 1.807) is 6.26 Å². The molecule has 0 spiro atoms. The van der Waals surface area contributed by atoms with E-state index in [4.69, 9.17) is 4.42 Å². The van der Waals surface area contributed by atoms with Crippen LogP contribution in [-0.4, -0.2) is 6.54 Å². The summed E-state index contributed by atoms with van der Waals surface area (Å²) in [6.45, 7) is 8.73. The van der Waals surface area contributed by atoms with Crippen LogP contribution < -0.4 is 5.32 Å². The molecule has 0 atom stereocenters. The molecule has 0 unspecified atom stereocenters. The van der Waals surface area contributed by atoms with Gasteiger partial charge in [0, 0.05) is 6.54 Å². The van der Waals surface area contributed by atoms with Gasteiger partial charge in [-0.2, -0.15) is 0 Å². The first-order valence-electron chi connectivity index (χ1n) is 6.48. The molecular formula is C14H24BrNO. The molecule has 1 rings (SSSR count). The zero-order valence-electron chi connectivity index (χ0n) is 11.2. The van der Waals surface area contributed by atoms with Crippen LogP contribution in [0.15, 0.2) is 21.2 Å². The average molecular weight is 302 g/mol. The van der Waals surface area contributed by atoms with Gasteiger partial charge in [-0.05, 0) is 33.8 Å². The summed E-state index contributed by atoms with van der Waals surface area (Å²) in [7, 11) is 0. The smallest absolute Gasteiger partial charge is 0.131 e. The van der Waals surface area contributed by atoms with Crippen molar-refractivity contribution in [3.63, 3.8) is 0 Å². The molecule has 0 aliphatic rings. The third kappa shape index (κ3) is 5.73. The summed E-state index contributed by atoms with van der Waals surface area (Å²) in [5.41, 5.74) is 0.369. The van der Waals surface area contributed by atoms with Gasteiger partial charge in [0.05, 0.1) is 17.3 Å². The van der Waals surface area contributed by atoms with Gasteiger partial charge in [-0.3, -0.25) is 0 Å². The van der Waals surface area contributed by atoms with Crippen LogP contribution in [0.5, 0.6) is 0 Å². The maximum absolute atomic E-state index is 5.37. The Labute approximate surface area is 113 Å². The van der Waals surface area contributed by atoms with E-state index in [1.807, 2.05) is 6.07 Å². The molecule has 0 fully saturated rings. The Morgan fingerprint density at radius 2 is 2.12 bits per heavy atom. The van der Waals surface area contributed by atoms with E-state index >= 15 is 0 Å². The van der Waals surface area contributed by atoms with Crippen molar-refractivity contribution in [3.8, 4) is 0 Å². The molecule has 1 heterocycles. The third-order valence-electron chi connectivity index (χ3n) is 3.04. The predicted octanol–water partition coefficient (Wildman–Crippen LogP) is 4.74. The minimum absolute atomic E-state index is 0.369. The van der Waals surface area contributed by atoms with Gasteiger partial charge in [-0.1, -0.05) is 40.0 Å². The van der Waals surface area contributed by atoms with Crippen molar-refractivity contribution in [3.05, 3.63) is 22.6 Å². The van der Waals surface area contributed by atoms with Crippen LogP contribution in [0.2, 0.25) is 0 Å². The largest absolute Gasteiger partial charge is 0.467 e. The van der Waals surface area contributed by atoms with Gasteiger partial charge in [0.25, 0.3) is 0 Å². The summed E-state index contributed by atoms with van der Waals surface area (Å²) in [6.07, 6.45) is 6.96. The molecule has 0 bridgehead atoms. The normalized spacial score (nSPS) is 12.0. The first-order chi connectivity index (χ1) is 8.05. The maximum Gasteiger partial charge on any atom is 0.131 e. The molecule has 0 saturated carbocycles. The number of furan rings is 1. The van der Waals surface area contributed by atoms with Crippen LogP contribution in [0.25, 0.3) is 0 Å². The molecule has 0 aromatic carbocycles.